The number of hydrogen-bond acceptors (Lipinski definition) is 5. The van der Waals surface area contributed by atoms with Crippen molar-refractivity contribution < 1.29 is 17.9 Å². The van der Waals surface area contributed by atoms with E-state index in [0.29, 0.717) is 26.3 Å². The van der Waals surface area contributed by atoms with Crippen LogP contribution in [-0.4, -0.2) is 70.1 Å². The van der Waals surface area contributed by atoms with Gasteiger partial charge in [-0.2, -0.15) is 0 Å². The summed E-state index contributed by atoms with van der Waals surface area (Å²) in [5, 5.41) is 3.02. The Bertz CT molecular complexity index is 372. The van der Waals surface area contributed by atoms with Crippen LogP contribution in [0.3, 0.4) is 0 Å². The van der Waals surface area contributed by atoms with E-state index in [0.717, 1.165) is 13.1 Å². The van der Waals surface area contributed by atoms with E-state index in [9.17, 15) is 13.2 Å². The van der Waals surface area contributed by atoms with Crippen LogP contribution in [0.25, 0.3) is 0 Å². The second-order valence-electron chi connectivity index (χ2n) is 4.57. The second kappa shape index (κ2) is 5.32. The third-order valence-corrected chi connectivity index (χ3v) is 4.73. The first kappa shape index (κ1) is 12.8. The zero-order valence-corrected chi connectivity index (χ0v) is 10.5. The minimum absolute atomic E-state index is 0.121. The molecule has 2 fully saturated rings. The van der Waals surface area contributed by atoms with Crippen molar-refractivity contribution in [1.29, 1.82) is 0 Å². The number of nitrogens with zero attached hydrogens (tertiary/aromatic N) is 1. The molecule has 6 nitrogen and oxygen atoms in total. The fraction of sp³-hybridized carbons (Fsp3) is 0.900. The molecule has 2 rings (SSSR count). The Labute approximate surface area is 101 Å². The highest BCUT2D eigenvalue weighted by atomic mass is 32.2. The van der Waals surface area contributed by atoms with Crippen LogP contribution in [-0.2, 0) is 19.4 Å². The van der Waals surface area contributed by atoms with Crippen molar-refractivity contribution in [3.8, 4) is 0 Å². The van der Waals surface area contributed by atoms with Gasteiger partial charge < -0.3 is 15.0 Å². The van der Waals surface area contributed by atoms with Crippen LogP contribution < -0.4 is 5.32 Å². The van der Waals surface area contributed by atoms with E-state index in [-0.39, 0.29) is 23.3 Å². The van der Waals surface area contributed by atoms with Crippen molar-refractivity contribution in [2.45, 2.75) is 0 Å². The summed E-state index contributed by atoms with van der Waals surface area (Å²) in [4.78, 5) is 13.3. The standard InChI is InChI=1S/C10H18N2O4S/c13-10(12-1-3-16-4-2-12)8-17(14,15)7-9-5-11-6-9/h9,11H,1-8H2. The molecule has 0 aromatic rings. The van der Waals surface area contributed by atoms with E-state index in [1.165, 1.54) is 0 Å². The first-order valence-corrected chi connectivity index (χ1v) is 7.65. The van der Waals surface area contributed by atoms with Crippen molar-refractivity contribution >= 4 is 15.7 Å². The minimum atomic E-state index is -3.26. The maximum absolute atomic E-state index is 11.8. The summed E-state index contributed by atoms with van der Waals surface area (Å²) in [6.45, 7) is 3.48. The molecule has 0 unspecified atom stereocenters. The molecular formula is C10H18N2O4S. The summed E-state index contributed by atoms with van der Waals surface area (Å²) in [5.41, 5.74) is 0. The largest absolute Gasteiger partial charge is 0.378 e. The van der Waals surface area contributed by atoms with Gasteiger partial charge in [0, 0.05) is 26.2 Å². The van der Waals surface area contributed by atoms with Gasteiger partial charge in [0.1, 0.15) is 5.75 Å². The van der Waals surface area contributed by atoms with E-state index in [4.69, 9.17) is 4.74 Å². The van der Waals surface area contributed by atoms with Gasteiger partial charge in [-0.25, -0.2) is 8.42 Å². The number of morpholine rings is 1. The van der Waals surface area contributed by atoms with Gasteiger partial charge in [0.05, 0.1) is 19.0 Å². The third-order valence-electron chi connectivity index (χ3n) is 3.06. The minimum Gasteiger partial charge on any atom is -0.378 e. The first-order valence-electron chi connectivity index (χ1n) is 5.83. The summed E-state index contributed by atoms with van der Waals surface area (Å²) in [5.74, 6) is -0.349. The Morgan fingerprint density at radius 2 is 1.94 bits per heavy atom. The SMILES string of the molecule is O=C(CS(=O)(=O)CC1CNC1)N1CCOCC1. The number of carbonyl (C=O) groups is 1. The van der Waals surface area contributed by atoms with Crippen LogP contribution in [0.1, 0.15) is 0 Å². The van der Waals surface area contributed by atoms with Crippen LogP contribution in [0.5, 0.6) is 0 Å². The lowest BCUT2D eigenvalue weighted by atomic mass is 10.1. The molecular weight excluding hydrogens is 244 g/mol. The molecule has 1 N–H and O–H groups in total. The molecule has 2 aliphatic rings. The number of ether oxygens (including phenoxy) is 1. The summed E-state index contributed by atoms with van der Waals surface area (Å²) in [6, 6.07) is 0. The fourth-order valence-corrected chi connectivity index (χ4v) is 3.61. The predicted octanol–water partition coefficient (Wildman–Crippen LogP) is -1.52. The van der Waals surface area contributed by atoms with Crippen molar-refractivity contribution in [3.05, 3.63) is 0 Å². The highest BCUT2D eigenvalue weighted by molar-refractivity contribution is 7.92. The first-order chi connectivity index (χ1) is 8.07. The van der Waals surface area contributed by atoms with E-state index in [1.807, 2.05) is 0 Å². The summed E-state index contributed by atoms with van der Waals surface area (Å²) < 4.78 is 28.7. The zero-order valence-electron chi connectivity index (χ0n) is 9.72. The van der Waals surface area contributed by atoms with Gasteiger partial charge in [-0.05, 0) is 5.92 Å². The number of sulfone groups is 1. The van der Waals surface area contributed by atoms with Crippen molar-refractivity contribution in [3.63, 3.8) is 0 Å². The number of hydrogen-bond donors (Lipinski definition) is 1. The molecule has 2 saturated heterocycles. The van der Waals surface area contributed by atoms with Gasteiger partial charge >= 0.3 is 0 Å². The van der Waals surface area contributed by atoms with Gasteiger partial charge in [0.2, 0.25) is 5.91 Å². The molecule has 0 aromatic carbocycles. The lowest BCUT2D eigenvalue weighted by Crippen LogP contribution is -2.48. The van der Waals surface area contributed by atoms with Crippen LogP contribution in [0.2, 0.25) is 0 Å². The van der Waals surface area contributed by atoms with Crippen LogP contribution in [0.15, 0.2) is 0 Å². The molecule has 0 atom stereocenters. The summed E-state index contributed by atoms with van der Waals surface area (Å²) >= 11 is 0. The Kier molecular flexibility index (Phi) is 4.01. The quantitative estimate of drug-likeness (QED) is 0.666. The highest BCUT2D eigenvalue weighted by Gasteiger charge is 2.28. The molecule has 7 heteroatoms. The van der Waals surface area contributed by atoms with Crippen LogP contribution >= 0.6 is 0 Å². The molecule has 0 saturated carbocycles. The number of carbonyl (C=O) groups excluding carboxylic acids is 1. The topological polar surface area (TPSA) is 75.7 Å². The summed E-state index contributed by atoms with van der Waals surface area (Å²) in [6.07, 6.45) is 0. The van der Waals surface area contributed by atoms with Crippen molar-refractivity contribution in [2.24, 2.45) is 5.92 Å². The molecule has 0 spiro atoms. The van der Waals surface area contributed by atoms with E-state index >= 15 is 0 Å². The van der Waals surface area contributed by atoms with Crippen LogP contribution in [0, 0.1) is 5.92 Å². The molecule has 0 bridgehead atoms. The average Bonchev–Trinajstić information content (AvgIpc) is 2.24. The van der Waals surface area contributed by atoms with E-state index in [1.54, 1.807) is 4.90 Å². The Hall–Kier alpha value is -0.660. The Morgan fingerprint density at radius 1 is 1.29 bits per heavy atom. The van der Waals surface area contributed by atoms with Gasteiger partial charge in [0.25, 0.3) is 0 Å². The molecule has 0 aromatic heterocycles. The molecule has 98 valence electrons. The maximum atomic E-state index is 11.8. The second-order valence-corrected chi connectivity index (χ2v) is 6.68. The lowest BCUT2D eigenvalue weighted by molar-refractivity contribution is -0.132. The molecule has 0 radical (unpaired) electrons. The van der Waals surface area contributed by atoms with Gasteiger partial charge in [-0.15, -0.1) is 0 Å². The van der Waals surface area contributed by atoms with Crippen molar-refractivity contribution in [2.75, 3.05) is 50.9 Å². The predicted molar refractivity (Wildman–Crippen MR) is 62.4 cm³/mol. The zero-order chi connectivity index (χ0) is 12.3. The van der Waals surface area contributed by atoms with Crippen LogP contribution in [0.4, 0.5) is 0 Å². The van der Waals surface area contributed by atoms with Crippen molar-refractivity contribution in [1.82, 2.24) is 10.2 Å². The Morgan fingerprint density at radius 3 is 2.47 bits per heavy atom. The highest BCUT2D eigenvalue weighted by Crippen LogP contribution is 2.09. The normalized spacial score (nSPS) is 22.2. The molecule has 0 aliphatic carbocycles. The monoisotopic (exact) mass is 262 g/mol. The smallest absolute Gasteiger partial charge is 0.237 e. The molecule has 2 heterocycles. The van der Waals surface area contributed by atoms with E-state index < -0.39 is 9.84 Å². The van der Waals surface area contributed by atoms with Gasteiger partial charge in [-0.3, -0.25) is 4.79 Å². The van der Waals surface area contributed by atoms with Gasteiger partial charge in [-0.1, -0.05) is 0 Å². The molecule has 1 amide bonds. The summed E-state index contributed by atoms with van der Waals surface area (Å²) in [7, 11) is -3.26. The fourth-order valence-electron chi connectivity index (χ4n) is 1.98. The van der Waals surface area contributed by atoms with E-state index in [2.05, 4.69) is 5.32 Å². The number of amides is 1. The maximum Gasteiger partial charge on any atom is 0.237 e. The molecule has 17 heavy (non-hydrogen) atoms. The lowest BCUT2D eigenvalue weighted by Gasteiger charge is -2.28. The van der Waals surface area contributed by atoms with Gasteiger partial charge in [0.15, 0.2) is 9.84 Å². The molecule has 2 aliphatic heterocycles. The number of nitrogens with one attached hydrogen (secondary N) is 1. The number of rotatable bonds is 4. The average molecular weight is 262 g/mol. The Balaban J connectivity index is 1.83. The third kappa shape index (κ3) is 3.65.